The van der Waals surface area contributed by atoms with Gasteiger partial charge in [-0.15, -0.1) is 11.8 Å². The van der Waals surface area contributed by atoms with Crippen molar-refractivity contribution < 1.29 is 4.79 Å². The van der Waals surface area contributed by atoms with Crippen LogP contribution in [0.5, 0.6) is 0 Å². The van der Waals surface area contributed by atoms with Crippen molar-refractivity contribution in [2.75, 3.05) is 5.88 Å². The number of amides is 1. The van der Waals surface area contributed by atoms with Gasteiger partial charge < -0.3 is 5.32 Å². The summed E-state index contributed by atoms with van der Waals surface area (Å²) in [4.78, 5) is 11.9. The molecule has 0 saturated heterocycles. The number of thioether (sulfide) groups is 1. The van der Waals surface area contributed by atoms with Gasteiger partial charge >= 0.3 is 0 Å². The summed E-state index contributed by atoms with van der Waals surface area (Å²) < 4.78 is 0. The van der Waals surface area contributed by atoms with Crippen molar-refractivity contribution in [1.82, 2.24) is 5.32 Å². The van der Waals surface area contributed by atoms with Crippen molar-refractivity contribution in [3.63, 3.8) is 0 Å². The molecule has 0 aromatic heterocycles. The fourth-order valence-corrected chi connectivity index (χ4v) is 2.10. The predicted octanol–water partition coefficient (Wildman–Crippen LogP) is 3.52. The molecule has 0 aliphatic rings. The number of hydrogen-bond acceptors (Lipinski definition) is 2. The fraction of sp³-hybridized carbons (Fsp3) is 0.923. The summed E-state index contributed by atoms with van der Waals surface area (Å²) in [6.45, 7) is 12.9. The SMILES string of the molecule is CCC(C)C(C)C(C)C(=O)NCSC(C)C. The third-order valence-electron chi connectivity index (χ3n) is 3.41. The summed E-state index contributed by atoms with van der Waals surface area (Å²) in [5, 5.41) is 3.57. The zero-order valence-electron chi connectivity index (χ0n) is 11.5. The van der Waals surface area contributed by atoms with E-state index in [0.717, 1.165) is 12.3 Å². The van der Waals surface area contributed by atoms with Gasteiger partial charge in [-0.05, 0) is 11.8 Å². The molecule has 16 heavy (non-hydrogen) atoms. The minimum atomic E-state index is 0.114. The molecular weight excluding hydrogens is 218 g/mol. The Bertz CT molecular complexity index is 206. The van der Waals surface area contributed by atoms with Gasteiger partial charge in [0.2, 0.25) is 5.91 Å². The highest BCUT2D eigenvalue weighted by Crippen LogP contribution is 2.23. The van der Waals surface area contributed by atoms with Crippen LogP contribution in [0.2, 0.25) is 0 Å². The van der Waals surface area contributed by atoms with E-state index in [1.54, 1.807) is 11.8 Å². The van der Waals surface area contributed by atoms with Crippen LogP contribution in [0.1, 0.15) is 48.0 Å². The minimum absolute atomic E-state index is 0.114. The number of nitrogens with one attached hydrogen (secondary N) is 1. The highest BCUT2D eigenvalue weighted by atomic mass is 32.2. The van der Waals surface area contributed by atoms with Crippen LogP contribution in [0.25, 0.3) is 0 Å². The van der Waals surface area contributed by atoms with Gasteiger partial charge in [0, 0.05) is 11.2 Å². The summed E-state index contributed by atoms with van der Waals surface area (Å²) in [6.07, 6.45) is 1.14. The monoisotopic (exact) mass is 245 g/mol. The Hall–Kier alpha value is -0.180. The molecular formula is C13H27NOS. The Balaban J connectivity index is 3.98. The van der Waals surface area contributed by atoms with E-state index in [1.807, 2.05) is 6.92 Å². The van der Waals surface area contributed by atoms with Crippen LogP contribution in [0.3, 0.4) is 0 Å². The molecule has 0 aromatic carbocycles. The average Bonchev–Trinajstić information content (AvgIpc) is 2.25. The summed E-state index contributed by atoms with van der Waals surface area (Å²) in [5.41, 5.74) is 0. The Labute approximate surface area is 105 Å². The van der Waals surface area contributed by atoms with Crippen LogP contribution < -0.4 is 5.32 Å². The van der Waals surface area contributed by atoms with Crippen LogP contribution in [-0.2, 0) is 4.79 Å². The second-order valence-corrected chi connectivity index (χ2v) is 6.50. The van der Waals surface area contributed by atoms with E-state index in [0.29, 0.717) is 17.1 Å². The molecule has 3 heteroatoms. The number of hydrogen-bond donors (Lipinski definition) is 1. The van der Waals surface area contributed by atoms with Crippen molar-refractivity contribution in [2.24, 2.45) is 17.8 Å². The predicted molar refractivity (Wildman–Crippen MR) is 73.5 cm³/mol. The standard InChI is InChI=1S/C13H27NOS/c1-7-10(4)11(5)12(6)13(15)14-8-16-9(2)3/h9-12H,7-8H2,1-6H3,(H,14,15). The maximum Gasteiger partial charge on any atom is 0.223 e. The Kier molecular flexibility index (Phi) is 7.90. The molecule has 0 heterocycles. The molecule has 1 N–H and O–H groups in total. The molecule has 0 bridgehead atoms. The van der Waals surface area contributed by atoms with Gasteiger partial charge in [-0.2, -0.15) is 0 Å². The molecule has 2 nitrogen and oxygen atoms in total. The number of carbonyl (C=O) groups excluding carboxylic acids is 1. The van der Waals surface area contributed by atoms with Crippen molar-refractivity contribution in [3.05, 3.63) is 0 Å². The number of rotatable bonds is 7. The number of carbonyl (C=O) groups is 1. The first kappa shape index (κ1) is 15.8. The van der Waals surface area contributed by atoms with Gasteiger partial charge in [0.15, 0.2) is 0 Å². The van der Waals surface area contributed by atoms with Gasteiger partial charge in [-0.3, -0.25) is 4.79 Å². The zero-order chi connectivity index (χ0) is 12.7. The molecule has 0 aliphatic heterocycles. The fourth-order valence-electron chi connectivity index (χ4n) is 1.54. The second kappa shape index (κ2) is 7.99. The second-order valence-electron chi connectivity index (χ2n) is 4.93. The molecule has 0 fully saturated rings. The van der Waals surface area contributed by atoms with Gasteiger partial charge in [0.05, 0.1) is 5.88 Å². The molecule has 0 spiro atoms. The first-order valence-corrected chi connectivity index (χ1v) is 7.34. The molecule has 0 aromatic rings. The third kappa shape index (κ3) is 5.78. The van der Waals surface area contributed by atoms with E-state index in [4.69, 9.17) is 0 Å². The van der Waals surface area contributed by atoms with Crippen molar-refractivity contribution in [3.8, 4) is 0 Å². The van der Waals surface area contributed by atoms with Gasteiger partial charge in [0.25, 0.3) is 0 Å². The van der Waals surface area contributed by atoms with Crippen LogP contribution in [0.4, 0.5) is 0 Å². The Morgan fingerprint density at radius 2 is 1.75 bits per heavy atom. The van der Waals surface area contributed by atoms with E-state index < -0.39 is 0 Å². The zero-order valence-corrected chi connectivity index (χ0v) is 12.4. The quantitative estimate of drug-likeness (QED) is 0.695. The van der Waals surface area contributed by atoms with E-state index >= 15 is 0 Å². The first-order valence-electron chi connectivity index (χ1n) is 6.29. The lowest BCUT2D eigenvalue weighted by molar-refractivity contribution is -0.126. The smallest absolute Gasteiger partial charge is 0.223 e. The van der Waals surface area contributed by atoms with Gasteiger partial charge in [-0.25, -0.2) is 0 Å². The largest absolute Gasteiger partial charge is 0.347 e. The maximum atomic E-state index is 11.9. The molecule has 0 aliphatic carbocycles. The molecule has 0 rings (SSSR count). The van der Waals surface area contributed by atoms with Crippen LogP contribution in [0.15, 0.2) is 0 Å². The van der Waals surface area contributed by atoms with Crippen molar-refractivity contribution >= 4 is 17.7 Å². The molecule has 1 amide bonds. The molecule has 3 unspecified atom stereocenters. The minimum Gasteiger partial charge on any atom is -0.347 e. The lowest BCUT2D eigenvalue weighted by Crippen LogP contribution is -2.34. The van der Waals surface area contributed by atoms with Crippen LogP contribution in [-0.4, -0.2) is 17.0 Å². The maximum absolute atomic E-state index is 11.9. The van der Waals surface area contributed by atoms with Gasteiger partial charge in [0.1, 0.15) is 0 Å². The first-order chi connectivity index (χ1) is 7.40. The van der Waals surface area contributed by atoms with E-state index in [2.05, 4.69) is 39.9 Å². The lowest BCUT2D eigenvalue weighted by Gasteiger charge is -2.24. The summed E-state index contributed by atoms with van der Waals surface area (Å²) in [7, 11) is 0. The normalized spacial score (nSPS) is 16.9. The summed E-state index contributed by atoms with van der Waals surface area (Å²) >= 11 is 1.77. The van der Waals surface area contributed by atoms with Crippen molar-refractivity contribution in [1.29, 1.82) is 0 Å². The van der Waals surface area contributed by atoms with Crippen LogP contribution in [0, 0.1) is 17.8 Å². The summed E-state index contributed by atoms with van der Waals surface area (Å²) in [6, 6.07) is 0. The van der Waals surface area contributed by atoms with Gasteiger partial charge in [-0.1, -0.05) is 48.0 Å². The topological polar surface area (TPSA) is 29.1 Å². The highest BCUT2D eigenvalue weighted by Gasteiger charge is 2.23. The molecule has 96 valence electrons. The average molecular weight is 245 g/mol. The third-order valence-corrected chi connectivity index (χ3v) is 4.38. The molecule has 3 atom stereocenters. The lowest BCUT2D eigenvalue weighted by atomic mass is 9.83. The van der Waals surface area contributed by atoms with Crippen molar-refractivity contribution in [2.45, 2.75) is 53.2 Å². The Morgan fingerprint density at radius 1 is 1.19 bits per heavy atom. The summed E-state index contributed by atoms with van der Waals surface area (Å²) in [5.74, 6) is 2.10. The molecule has 0 radical (unpaired) electrons. The van der Waals surface area contributed by atoms with E-state index in [9.17, 15) is 4.79 Å². The van der Waals surface area contributed by atoms with E-state index in [-0.39, 0.29) is 11.8 Å². The van der Waals surface area contributed by atoms with E-state index in [1.165, 1.54) is 0 Å². The van der Waals surface area contributed by atoms with Crippen LogP contribution >= 0.6 is 11.8 Å². The molecule has 0 saturated carbocycles. The highest BCUT2D eigenvalue weighted by molar-refractivity contribution is 7.99. The Morgan fingerprint density at radius 3 is 2.19 bits per heavy atom.